The topological polar surface area (TPSA) is 82.6 Å². The third kappa shape index (κ3) is 9.24. The van der Waals surface area contributed by atoms with E-state index in [1.165, 1.54) is 25.3 Å². The van der Waals surface area contributed by atoms with Crippen molar-refractivity contribution in [3.05, 3.63) is 102 Å². The number of carbonyl (C=O) groups excluding carboxylic acids is 2. The van der Waals surface area contributed by atoms with E-state index in [-0.39, 0.29) is 22.7 Å². The first kappa shape index (κ1) is 30.0. The molecule has 0 aliphatic heterocycles. The first-order valence-corrected chi connectivity index (χ1v) is 11.1. The molecule has 0 saturated heterocycles. The minimum absolute atomic E-state index is 0.0694. The molecule has 182 valence electrons. The number of nitrogens with one attached hydrogen (secondary N) is 3. The van der Waals surface area contributed by atoms with Gasteiger partial charge in [0, 0.05) is 18.3 Å². The van der Waals surface area contributed by atoms with Gasteiger partial charge < -0.3 is 5.32 Å². The predicted octanol–water partition coefficient (Wildman–Crippen LogP) is 5.49. The molecule has 6 nitrogen and oxygen atoms in total. The highest BCUT2D eigenvalue weighted by Gasteiger charge is 2.17. The van der Waals surface area contributed by atoms with Gasteiger partial charge in [0.05, 0.1) is 11.3 Å². The molecule has 2 amide bonds. The molecular formula is C27H35FN4O2. The van der Waals surface area contributed by atoms with Gasteiger partial charge in [-0.3, -0.25) is 25.4 Å². The minimum atomic E-state index is -0.656. The monoisotopic (exact) mass is 466 g/mol. The third-order valence-electron chi connectivity index (χ3n) is 4.04. The van der Waals surface area contributed by atoms with Crippen LogP contribution in [0.25, 0.3) is 0 Å². The Balaban J connectivity index is 0.00000258. The molecule has 0 aromatic heterocycles. The SMILES string of the molecule is C=C/C=C(\C(=C)Nc1ccc(C)cc1F)C(=O)NNC(=O)C(=NC)c1ccccc1.CC.CC. The van der Waals surface area contributed by atoms with E-state index in [9.17, 15) is 14.0 Å². The molecule has 0 saturated carbocycles. The van der Waals surface area contributed by atoms with Crippen LogP contribution in [0.3, 0.4) is 0 Å². The molecule has 34 heavy (non-hydrogen) atoms. The number of hydrazine groups is 1. The maximum absolute atomic E-state index is 14.1. The van der Waals surface area contributed by atoms with Crippen molar-refractivity contribution >= 4 is 23.2 Å². The smallest absolute Gasteiger partial charge is 0.288 e. The summed E-state index contributed by atoms with van der Waals surface area (Å²) in [6.45, 7) is 17.1. The molecule has 0 aliphatic rings. The van der Waals surface area contributed by atoms with Crippen LogP contribution in [-0.4, -0.2) is 24.6 Å². The lowest BCUT2D eigenvalue weighted by Crippen LogP contribution is -2.46. The summed E-state index contributed by atoms with van der Waals surface area (Å²) in [5, 5.41) is 2.77. The fraction of sp³-hybridized carbons (Fsp3) is 0.222. The van der Waals surface area contributed by atoms with Gasteiger partial charge in [-0.25, -0.2) is 4.39 Å². The summed E-state index contributed by atoms with van der Waals surface area (Å²) in [6.07, 6.45) is 2.78. The number of allylic oxidation sites excluding steroid dienone is 2. The largest absolute Gasteiger partial charge is 0.353 e. The first-order valence-electron chi connectivity index (χ1n) is 11.1. The number of hydrogen-bond donors (Lipinski definition) is 3. The molecule has 0 radical (unpaired) electrons. The number of aliphatic imine (C=N–C) groups is 1. The van der Waals surface area contributed by atoms with Crippen LogP contribution in [0.4, 0.5) is 10.1 Å². The van der Waals surface area contributed by atoms with Gasteiger partial charge in [-0.1, -0.05) is 83.3 Å². The highest BCUT2D eigenvalue weighted by Crippen LogP contribution is 2.19. The number of anilines is 1. The van der Waals surface area contributed by atoms with E-state index in [0.29, 0.717) is 5.56 Å². The van der Waals surface area contributed by atoms with Crippen LogP contribution in [0.5, 0.6) is 0 Å². The van der Waals surface area contributed by atoms with Gasteiger partial charge in [0.1, 0.15) is 11.5 Å². The maximum atomic E-state index is 14.1. The zero-order valence-electron chi connectivity index (χ0n) is 20.8. The van der Waals surface area contributed by atoms with Crippen molar-refractivity contribution in [1.29, 1.82) is 0 Å². The molecule has 0 unspecified atom stereocenters. The number of rotatable bonds is 7. The van der Waals surface area contributed by atoms with Gasteiger partial charge in [-0.2, -0.15) is 0 Å². The zero-order chi connectivity index (χ0) is 26.1. The van der Waals surface area contributed by atoms with Crippen LogP contribution in [0.2, 0.25) is 0 Å². The molecule has 0 bridgehead atoms. The van der Waals surface area contributed by atoms with Crippen LogP contribution >= 0.6 is 0 Å². The fourth-order valence-corrected chi connectivity index (χ4v) is 2.58. The molecule has 3 N–H and O–H groups in total. The van der Waals surface area contributed by atoms with E-state index in [1.54, 1.807) is 43.3 Å². The van der Waals surface area contributed by atoms with Crippen molar-refractivity contribution in [1.82, 2.24) is 10.9 Å². The van der Waals surface area contributed by atoms with Crippen molar-refractivity contribution in [3.63, 3.8) is 0 Å². The highest BCUT2D eigenvalue weighted by atomic mass is 19.1. The van der Waals surface area contributed by atoms with Crippen molar-refractivity contribution in [3.8, 4) is 0 Å². The standard InChI is InChI=1S/C23H23FN4O2.2C2H6/c1-5-9-18(16(3)26-20-13-12-15(2)14-19(20)24)22(29)27-28-23(30)21(25-4)17-10-7-6-8-11-17;2*1-2/h5-14,26H,1,3H2,2,4H3,(H,27,29)(H,28,30);2*1-2H3/b18-9+,25-21?;;. The van der Waals surface area contributed by atoms with Crippen molar-refractivity contribution in [2.75, 3.05) is 12.4 Å². The molecule has 0 fully saturated rings. The van der Waals surface area contributed by atoms with Crippen LogP contribution in [0.1, 0.15) is 38.8 Å². The molecule has 0 heterocycles. The zero-order valence-corrected chi connectivity index (χ0v) is 20.8. The summed E-state index contributed by atoms with van der Waals surface area (Å²) in [5.41, 5.74) is 6.53. The van der Waals surface area contributed by atoms with Crippen LogP contribution < -0.4 is 16.2 Å². The van der Waals surface area contributed by atoms with Crippen molar-refractivity contribution in [2.45, 2.75) is 34.6 Å². The van der Waals surface area contributed by atoms with Crippen molar-refractivity contribution < 1.29 is 14.0 Å². The molecule has 0 atom stereocenters. The Morgan fingerprint density at radius 3 is 2.09 bits per heavy atom. The summed E-state index contributed by atoms with van der Waals surface area (Å²) in [4.78, 5) is 29.0. The summed E-state index contributed by atoms with van der Waals surface area (Å²) in [6, 6.07) is 13.5. The summed E-state index contributed by atoms with van der Waals surface area (Å²) >= 11 is 0. The maximum Gasteiger partial charge on any atom is 0.288 e. The molecule has 2 aromatic carbocycles. The molecule has 7 heteroatoms. The average Bonchev–Trinajstić information content (AvgIpc) is 2.86. The molecular weight excluding hydrogens is 431 g/mol. The second-order valence-electron chi connectivity index (χ2n) is 6.25. The highest BCUT2D eigenvalue weighted by molar-refractivity contribution is 6.45. The van der Waals surface area contributed by atoms with E-state index in [1.807, 2.05) is 33.8 Å². The van der Waals surface area contributed by atoms with Crippen LogP contribution in [-0.2, 0) is 9.59 Å². The molecule has 2 rings (SSSR count). The third-order valence-corrected chi connectivity index (χ3v) is 4.04. The summed E-state index contributed by atoms with van der Waals surface area (Å²) in [7, 11) is 1.48. The number of benzene rings is 2. The van der Waals surface area contributed by atoms with E-state index in [0.717, 1.165) is 5.56 Å². The first-order chi connectivity index (χ1) is 16.4. The van der Waals surface area contributed by atoms with Crippen LogP contribution in [0.15, 0.2) is 90.1 Å². The number of amides is 2. The summed E-state index contributed by atoms with van der Waals surface area (Å²) in [5.74, 6) is -1.72. The van der Waals surface area contributed by atoms with Gasteiger partial charge in [0.25, 0.3) is 11.8 Å². The molecule has 0 aliphatic carbocycles. The Bertz CT molecular complexity index is 1030. The second kappa shape index (κ2) is 16.6. The minimum Gasteiger partial charge on any atom is -0.353 e. The quantitative estimate of drug-likeness (QED) is 0.218. The number of aryl methyl sites for hydroxylation is 1. The van der Waals surface area contributed by atoms with Gasteiger partial charge in [-0.15, -0.1) is 0 Å². The van der Waals surface area contributed by atoms with E-state index in [2.05, 4.69) is 34.3 Å². The lowest BCUT2D eigenvalue weighted by molar-refractivity contribution is -0.123. The lowest BCUT2D eigenvalue weighted by Gasteiger charge is -2.15. The Morgan fingerprint density at radius 2 is 1.56 bits per heavy atom. The molecule has 0 spiro atoms. The number of nitrogens with zero attached hydrogens (tertiary/aromatic N) is 1. The Hall–Kier alpha value is -4.00. The Kier molecular flexibility index (Phi) is 14.7. The van der Waals surface area contributed by atoms with E-state index in [4.69, 9.17) is 0 Å². The predicted molar refractivity (Wildman–Crippen MR) is 140 cm³/mol. The van der Waals surface area contributed by atoms with Gasteiger partial charge >= 0.3 is 0 Å². The number of halogens is 1. The van der Waals surface area contributed by atoms with Gasteiger partial charge in [0.2, 0.25) is 0 Å². The second-order valence-corrected chi connectivity index (χ2v) is 6.25. The normalized spacial score (nSPS) is 10.4. The fourth-order valence-electron chi connectivity index (χ4n) is 2.58. The van der Waals surface area contributed by atoms with E-state index < -0.39 is 17.6 Å². The van der Waals surface area contributed by atoms with Gasteiger partial charge in [-0.05, 0) is 30.7 Å². The van der Waals surface area contributed by atoms with Crippen molar-refractivity contribution in [2.24, 2.45) is 4.99 Å². The van der Waals surface area contributed by atoms with Gasteiger partial charge in [0.15, 0.2) is 0 Å². The lowest BCUT2D eigenvalue weighted by atomic mass is 10.1. The number of hydrogen-bond acceptors (Lipinski definition) is 4. The van der Waals surface area contributed by atoms with Crippen LogP contribution in [0, 0.1) is 12.7 Å². The Labute approximate surface area is 202 Å². The number of carbonyl (C=O) groups is 2. The average molecular weight is 467 g/mol. The molecule has 2 aromatic rings. The summed E-state index contributed by atoms with van der Waals surface area (Å²) < 4.78 is 14.1. The Morgan fingerprint density at radius 1 is 0.971 bits per heavy atom. The van der Waals surface area contributed by atoms with E-state index >= 15 is 0 Å².